The Labute approximate surface area is 120 Å². The van der Waals surface area contributed by atoms with Crippen LogP contribution in [-0.2, 0) is 0 Å². The molecule has 0 aromatic rings. The second-order valence-corrected chi connectivity index (χ2v) is 8.74. The predicted molar refractivity (Wildman–Crippen MR) is 83.0 cm³/mol. The van der Waals surface area contributed by atoms with Crippen molar-refractivity contribution in [1.82, 2.24) is 0 Å². The molecule has 3 saturated carbocycles. The second kappa shape index (κ2) is 5.08. The molecule has 0 saturated heterocycles. The van der Waals surface area contributed by atoms with Gasteiger partial charge in [-0.2, -0.15) is 0 Å². The average molecular weight is 262 g/mol. The van der Waals surface area contributed by atoms with E-state index in [0.29, 0.717) is 5.41 Å². The molecule has 3 aliphatic rings. The first-order chi connectivity index (χ1) is 9.02. The molecule has 0 radical (unpaired) electrons. The highest BCUT2D eigenvalue weighted by molar-refractivity contribution is 5.01. The van der Waals surface area contributed by atoms with E-state index in [1.807, 2.05) is 0 Å². The maximum Gasteiger partial charge on any atom is -0.0264 e. The highest BCUT2D eigenvalue weighted by Crippen LogP contribution is 2.61. The maximum atomic E-state index is 2.68. The molecule has 0 amide bonds. The summed E-state index contributed by atoms with van der Waals surface area (Å²) >= 11 is 0. The van der Waals surface area contributed by atoms with Crippen LogP contribution in [0, 0.1) is 40.9 Å². The largest absolute Gasteiger partial charge is 0.0625 e. The fourth-order valence-corrected chi connectivity index (χ4v) is 6.40. The van der Waals surface area contributed by atoms with E-state index in [1.165, 1.54) is 25.7 Å². The lowest BCUT2D eigenvalue weighted by molar-refractivity contribution is -0.0873. The Bertz CT molecular complexity index is 318. The lowest BCUT2D eigenvalue weighted by Gasteiger charge is -2.58. The van der Waals surface area contributed by atoms with Crippen molar-refractivity contribution in [2.45, 2.75) is 79.1 Å². The first-order valence-corrected chi connectivity index (χ1v) is 9.02. The third-order valence-electron chi connectivity index (χ3n) is 7.57. The molecule has 0 unspecified atom stereocenters. The predicted octanol–water partition coefficient (Wildman–Crippen LogP) is 5.91. The monoisotopic (exact) mass is 262 g/mol. The van der Waals surface area contributed by atoms with E-state index in [1.54, 1.807) is 25.7 Å². The molecule has 0 aromatic heterocycles. The van der Waals surface area contributed by atoms with Gasteiger partial charge in [-0.15, -0.1) is 0 Å². The van der Waals surface area contributed by atoms with Crippen molar-refractivity contribution < 1.29 is 0 Å². The van der Waals surface area contributed by atoms with Crippen LogP contribution in [0.3, 0.4) is 0 Å². The van der Waals surface area contributed by atoms with Crippen molar-refractivity contribution >= 4 is 0 Å². The van der Waals surface area contributed by atoms with Crippen molar-refractivity contribution in [1.29, 1.82) is 0 Å². The average Bonchev–Trinajstić information content (AvgIpc) is 2.38. The van der Waals surface area contributed by atoms with Crippen LogP contribution in [0.1, 0.15) is 79.1 Å². The summed E-state index contributed by atoms with van der Waals surface area (Å²) in [6, 6.07) is 0. The second-order valence-electron chi connectivity index (χ2n) is 8.74. The lowest BCUT2D eigenvalue weighted by Crippen LogP contribution is -2.50. The molecule has 110 valence electrons. The molecule has 0 aromatic carbocycles. The van der Waals surface area contributed by atoms with Crippen LogP contribution in [0.4, 0.5) is 0 Å². The molecule has 6 atom stereocenters. The smallest absolute Gasteiger partial charge is 0.0264 e. The normalized spacial score (nSPS) is 50.7. The number of hydrogen-bond acceptors (Lipinski definition) is 0. The molecule has 0 N–H and O–H groups in total. The molecular weight excluding hydrogens is 228 g/mol. The first-order valence-electron chi connectivity index (χ1n) is 9.02. The summed E-state index contributed by atoms with van der Waals surface area (Å²) in [5.41, 5.74) is 0.711. The molecule has 0 nitrogen and oxygen atoms in total. The van der Waals surface area contributed by atoms with Crippen LogP contribution < -0.4 is 0 Å². The third-order valence-corrected chi connectivity index (χ3v) is 7.57. The van der Waals surface area contributed by atoms with E-state index in [4.69, 9.17) is 0 Å². The van der Waals surface area contributed by atoms with Gasteiger partial charge in [0, 0.05) is 0 Å². The van der Waals surface area contributed by atoms with Crippen LogP contribution in [0.2, 0.25) is 0 Å². The molecule has 19 heavy (non-hydrogen) atoms. The summed E-state index contributed by atoms with van der Waals surface area (Å²) in [5.74, 6) is 6.15. The summed E-state index contributed by atoms with van der Waals surface area (Å²) in [5, 5.41) is 0. The van der Waals surface area contributed by atoms with Crippen LogP contribution in [0.15, 0.2) is 0 Å². The van der Waals surface area contributed by atoms with E-state index in [0.717, 1.165) is 35.5 Å². The molecule has 3 aliphatic carbocycles. The third kappa shape index (κ3) is 2.28. The Morgan fingerprint density at radius 1 is 0.947 bits per heavy atom. The highest BCUT2D eigenvalue weighted by atomic mass is 14.6. The van der Waals surface area contributed by atoms with Gasteiger partial charge in [-0.25, -0.2) is 0 Å². The molecule has 0 heterocycles. The summed E-state index contributed by atoms with van der Waals surface area (Å²) in [6.07, 6.45) is 12.3. The minimum absolute atomic E-state index is 0.711. The summed E-state index contributed by atoms with van der Waals surface area (Å²) in [4.78, 5) is 0. The Morgan fingerprint density at radius 2 is 1.68 bits per heavy atom. The van der Waals surface area contributed by atoms with Gasteiger partial charge in [-0.1, -0.05) is 40.5 Å². The van der Waals surface area contributed by atoms with Gasteiger partial charge in [0.2, 0.25) is 0 Å². The van der Waals surface area contributed by atoms with E-state index < -0.39 is 0 Å². The van der Waals surface area contributed by atoms with Gasteiger partial charge in [-0.05, 0) is 79.4 Å². The molecule has 0 spiro atoms. The number of rotatable bonds is 1. The first kappa shape index (κ1) is 14.0. The van der Waals surface area contributed by atoms with Crippen molar-refractivity contribution in [3.63, 3.8) is 0 Å². The van der Waals surface area contributed by atoms with E-state index in [2.05, 4.69) is 27.7 Å². The van der Waals surface area contributed by atoms with Crippen LogP contribution in [0.5, 0.6) is 0 Å². The number of hydrogen-bond donors (Lipinski definition) is 0. The zero-order valence-electron chi connectivity index (χ0n) is 13.6. The van der Waals surface area contributed by atoms with Crippen molar-refractivity contribution in [2.75, 3.05) is 0 Å². The Balaban J connectivity index is 1.78. The Kier molecular flexibility index (Phi) is 3.73. The van der Waals surface area contributed by atoms with Crippen LogP contribution in [0.25, 0.3) is 0 Å². The van der Waals surface area contributed by atoms with Crippen molar-refractivity contribution in [3.8, 4) is 0 Å². The molecular formula is C19H34. The zero-order valence-corrected chi connectivity index (χ0v) is 13.6. The Hall–Kier alpha value is 0. The molecule has 0 heteroatoms. The van der Waals surface area contributed by atoms with Crippen molar-refractivity contribution in [3.05, 3.63) is 0 Å². The molecule has 3 fully saturated rings. The van der Waals surface area contributed by atoms with Crippen LogP contribution in [-0.4, -0.2) is 0 Å². The molecule has 0 aliphatic heterocycles. The van der Waals surface area contributed by atoms with E-state index in [-0.39, 0.29) is 0 Å². The van der Waals surface area contributed by atoms with Gasteiger partial charge >= 0.3 is 0 Å². The van der Waals surface area contributed by atoms with Gasteiger partial charge in [0.25, 0.3) is 0 Å². The fraction of sp³-hybridized carbons (Fsp3) is 1.00. The standard InChI is InChI=1S/C19H34/c1-13(2)15-7-10-18-16(12-15)8-9-17-14(3)6-5-11-19(17,18)4/h13-18H,5-12H2,1-4H3/t14-,15-,16-,17-,18-,19-/m0/s1. The topological polar surface area (TPSA) is 0 Å². The minimum Gasteiger partial charge on any atom is -0.0625 e. The molecule has 3 rings (SSSR count). The van der Waals surface area contributed by atoms with Gasteiger partial charge < -0.3 is 0 Å². The van der Waals surface area contributed by atoms with Gasteiger partial charge in [0.05, 0.1) is 0 Å². The summed E-state index contributed by atoms with van der Waals surface area (Å²) < 4.78 is 0. The zero-order chi connectivity index (χ0) is 13.6. The lowest BCUT2D eigenvalue weighted by atomic mass is 9.47. The summed E-state index contributed by atoms with van der Waals surface area (Å²) in [7, 11) is 0. The van der Waals surface area contributed by atoms with Gasteiger partial charge in [-0.3, -0.25) is 0 Å². The van der Waals surface area contributed by atoms with Crippen LogP contribution >= 0.6 is 0 Å². The van der Waals surface area contributed by atoms with Gasteiger partial charge in [0.1, 0.15) is 0 Å². The maximum absolute atomic E-state index is 2.68. The Morgan fingerprint density at radius 3 is 2.42 bits per heavy atom. The minimum atomic E-state index is 0.711. The molecule has 0 bridgehead atoms. The van der Waals surface area contributed by atoms with E-state index >= 15 is 0 Å². The van der Waals surface area contributed by atoms with Gasteiger partial charge in [0.15, 0.2) is 0 Å². The fourth-order valence-electron chi connectivity index (χ4n) is 6.40. The highest BCUT2D eigenvalue weighted by Gasteiger charge is 2.52. The summed E-state index contributed by atoms with van der Waals surface area (Å²) in [6.45, 7) is 10.1. The van der Waals surface area contributed by atoms with Crippen molar-refractivity contribution in [2.24, 2.45) is 40.9 Å². The quantitative estimate of drug-likeness (QED) is 0.551. The number of fused-ring (bicyclic) bond motifs is 3. The SMILES string of the molecule is CC(C)[C@H]1CC[C@H]2[C@@H](CC[C@H]3[C@@H](C)CCC[C@]23C)C1. The van der Waals surface area contributed by atoms with E-state index in [9.17, 15) is 0 Å².